The van der Waals surface area contributed by atoms with Crippen molar-refractivity contribution in [2.24, 2.45) is 17.3 Å². The average Bonchev–Trinajstić information content (AvgIpc) is 2.73. The topological polar surface area (TPSA) is 65.0 Å². The van der Waals surface area contributed by atoms with Crippen molar-refractivity contribution in [3.05, 3.63) is 0 Å². The zero-order valence-corrected chi connectivity index (χ0v) is 33.2. The third-order valence-electron chi connectivity index (χ3n) is 10.6. The zero-order chi connectivity index (χ0) is 32.3. The van der Waals surface area contributed by atoms with E-state index in [0.29, 0.717) is 19.4 Å². The number of Topliss-reactive ketones (excluding diaryl/α,β-unsaturated/α-hetero) is 1. The molecule has 0 aromatic rings. The van der Waals surface area contributed by atoms with Crippen LogP contribution in [0.15, 0.2) is 0 Å². The maximum Gasteiger partial charge on any atom is 0.192 e. The number of rotatable bonds is 15. The number of hydrogen-bond acceptors (Lipinski definition) is 5. The minimum Gasteiger partial charge on any atom is -0.417 e. The van der Waals surface area contributed by atoms with Gasteiger partial charge in [0.25, 0.3) is 0 Å². The summed E-state index contributed by atoms with van der Waals surface area (Å²) in [5.41, 5.74) is -0.723. The molecule has 0 saturated heterocycles. The van der Waals surface area contributed by atoms with E-state index in [9.17, 15) is 9.90 Å². The number of carbonyl (C=O) groups excluding carboxylic acids is 1. The molecule has 0 rings (SSSR count). The Morgan fingerprint density at radius 2 is 1.07 bits per heavy atom. The van der Waals surface area contributed by atoms with Gasteiger partial charge in [0.15, 0.2) is 25.0 Å². The summed E-state index contributed by atoms with van der Waals surface area (Å²) in [6.45, 7) is 42.8. The summed E-state index contributed by atoms with van der Waals surface area (Å²) in [5.74, 6) is -0.0786. The third kappa shape index (κ3) is 10.4. The first-order chi connectivity index (χ1) is 17.5. The van der Waals surface area contributed by atoms with Crippen LogP contribution < -0.4 is 0 Å². The number of aliphatic hydroxyl groups excluding tert-OH is 1. The number of aliphatic hydroxyl groups is 1. The van der Waals surface area contributed by atoms with Crippen molar-refractivity contribution in [3.63, 3.8) is 0 Å². The smallest absolute Gasteiger partial charge is 0.192 e. The summed E-state index contributed by atoms with van der Waals surface area (Å²) < 4.78 is 20.6. The predicted octanol–water partition coefficient (Wildman–Crippen LogP) is 9.43. The summed E-state index contributed by atoms with van der Waals surface area (Å²) in [7, 11) is -6.25. The molecule has 5 nitrogen and oxygen atoms in total. The molecule has 0 aliphatic rings. The largest absolute Gasteiger partial charge is 0.417 e. The third-order valence-corrected chi connectivity index (χ3v) is 24.1. The molecule has 0 aromatic heterocycles. The van der Waals surface area contributed by atoms with Crippen LogP contribution in [0.4, 0.5) is 0 Å². The lowest BCUT2D eigenvalue weighted by Crippen LogP contribution is -2.54. The van der Waals surface area contributed by atoms with E-state index < -0.39 is 30.4 Å². The number of hydrogen-bond donors (Lipinski definition) is 1. The van der Waals surface area contributed by atoms with E-state index in [1.165, 1.54) is 0 Å². The van der Waals surface area contributed by atoms with Crippen LogP contribution in [0.1, 0.15) is 103 Å². The first-order valence-electron chi connectivity index (χ1n) is 15.6. The highest BCUT2D eigenvalue weighted by atomic mass is 28.4. The van der Waals surface area contributed by atoms with Crippen LogP contribution in [-0.2, 0) is 18.1 Å². The Balaban J connectivity index is 6.43. The van der Waals surface area contributed by atoms with Crippen molar-refractivity contribution in [3.8, 4) is 0 Å². The molecule has 240 valence electrons. The van der Waals surface area contributed by atoms with E-state index in [4.69, 9.17) is 13.3 Å². The van der Waals surface area contributed by atoms with Crippen LogP contribution in [0, 0.1) is 17.3 Å². The van der Waals surface area contributed by atoms with Gasteiger partial charge in [-0.2, -0.15) is 0 Å². The van der Waals surface area contributed by atoms with Gasteiger partial charge in [-0.15, -0.1) is 0 Å². The molecular formula is C32H70O5Si3. The maximum atomic E-state index is 14.5. The lowest BCUT2D eigenvalue weighted by atomic mass is 9.73. The molecule has 0 heterocycles. The average molecular weight is 619 g/mol. The number of ketones is 1. The van der Waals surface area contributed by atoms with E-state index >= 15 is 0 Å². The van der Waals surface area contributed by atoms with Crippen LogP contribution in [0.3, 0.4) is 0 Å². The molecule has 4 atom stereocenters. The van der Waals surface area contributed by atoms with Crippen molar-refractivity contribution in [1.29, 1.82) is 0 Å². The molecule has 8 heteroatoms. The van der Waals surface area contributed by atoms with Gasteiger partial charge in [0.2, 0.25) is 0 Å². The maximum absolute atomic E-state index is 14.5. The second-order valence-electron chi connectivity index (χ2n) is 17.5. The highest BCUT2D eigenvalue weighted by molar-refractivity contribution is 6.75. The lowest BCUT2D eigenvalue weighted by Gasteiger charge is -2.47. The Bertz CT molecular complexity index is 801. The van der Waals surface area contributed by atoms with E-state index in [0.717, 1.165) is 0 Å². The van der Waals surface area contributed by atoms with Crippen LogP contribution in [0.5, 0.6) is 0 Å². The molecule has 0 aliphatic carbocycles. The molecule has 0 aromatic carbocycles. The quantitative estimate of drug-likeness (QED) is 0.185. The van der Waals surface area contributed by atoms with Crippen molar-refractivity contribution in [2.75, 3.05) is 13.2 Å². The van der Waals surface area contributed by atoms with Crippen LogP contribution >= 0.6 is 0 Å². The SMILES string of the molecule is C[C@@H](CCO)[C@H](O[Si](C)(C)C(C)(C)C)[C@@H](C)C(=O)C(C)(C)[C@H](CCO[Si](C)(C)C(C)(C)C)O[Si](C)(C)C(C)(C)C. The van der Waals surface area contributed by atoms with Gasteiger partial charge in [0.05, 0.1) is 12.2 Å². The van der Waals surface area contributed by atoms with E-state index in [1.807, 2.05) is 6.92 Å². The van der Waals surface area contributed by atoms with Crippen LogP contribution in [0.2, 0.25) is 54.4 Å². The molecule has 0 bridgehead atoms. The fourth-order valence-corrected chi connectivity index (χ4v) is 8.24. The minimum atomic E-state index is -2.17. The van der Waals surface area contributed by atoms with Gasteiger partial charge in [0.1, 0.15) is 5.78 Å². The summed E-state index contributed by atoms with van der Waals surface area (Å²) in [4.78, 5) is 14.5. The van der Waals surface area contributed by atoms with Gasteiger partial charge < -0.3 is 18.4 Å². The fraction of sp³-hybridized carbons (Fsp3) is 0.969. The monoisotopic (exact) mass is 618 g/mol. The standard InChI is InChI=1S/C32H70O5Si3/c1-24(20-22-33)27(37-40(18,19)31(9,10)11)25(2)28(34)32(12,13)26(36-39(16,17)30(6,7)8)21-23-35-38(14,15)29(3,4)5/h24-27,33H,20-23H2,1-19H3/t24-,25+,26-,27-/m0/s1. The van der Waals surface area contributed by atoms with Gasteiger partial charge >= 0.3 is 0 Å². The second kappa shape index (κ2) is 13.9. The normalized spacial score (nSPS) is 17.9. The fourth-order valence-electron chi connectivity index (χ4n) is 4.23. The van der Waals surface area contributed by atoms with E-state index in [-0.39, 0.29) is 51.5 Å². The Hall–Kier alpha value is 0.161. The highest BCUT2D eigenvalue weighted by Crippen LogP contribution is 2.44. The molecular weight excluding hydrogens is 549 g/mol. The van der Waals surface area contributed by atoms with Gasteiger partial charge in [-0.3, -0.25) is 4.79 Å². The summed E-state index contributed by atoms with van der Waals surface area (Å²) in [6, 6.07) is 0. The molecule has 0 amide bonds. The summed E-state index contributed by atoms with van der Waals surface area (Å²) in [5, 5.41) is 9.96. The Morgan fingerprint density at radius 3 is 1.45 bits per heavy atom. The van der Waals surface area contributed by atoms with Gasteiger partial charge in [-0.1, -0.05) is 90.0 Å². The molecule has 0 spiro atoms. The Labute approximate surface area is 253 Å². The van der Waals surface area contributed by atoms with Crippen molar-refractivity contribution < 1.29 is 23.2 Å². The molecule has 0 aliphatic heterocycles. The number of carbonyl (C=O) groups is 1. The summed E-state index contributed by atoms with van der Waals surface area (Å²) >= 11 is 0. The van der Waals surface area contributed by atoms with E-state index in [2.05, 4.69) is 122 Å². The zero-order valence-electron chi connectivity index (χ0n) is 30.2. The van der Waals surface area contributed by atoms with E-state index in [1.54, 1.807) is 0 Å². The predicted molar refractivity (Wildman–Crippen MR) is 181 cm³/mol. The molecule has 0 radical (unpaired) electrons. The first-order valence-corrected chi connectivity index (χ1v) is 24.3. The molecule has 0 fully saturated rings. The highest BCUT2D eigenvalue weighted by Gasteiger charge is 2.49. The van der Waals surface area contributed by atoms with Crippen molar-refractivity contribution in [1.82, 2.24) is 0 Å². The van der Waals surface area contributed by atoms with Gasteiger partial charge in [-0.05, 0) is 73.2 Å². The summed E-state index contributed by atoms with van der Waals surface area (Å²) in [6.07, 6.45) is 0.790. The van der Waals surface area contributed by atoms with Gasteiger partial charge in [-0.25, -0.2) is 0 Å². The minimum absolute atomic E-state index is 0.0253. The molecule has 40 heavy (non-hydrogen) atoms. The van der Waals surface area contributed by atoms with Crippen molar-refractivity contribution >= 4 is 30.7 Å². The Morgan fingerprint density at radius 1 is 0.675 bits per heavy atom. The first kappa shape index (κ1) is 40.2. The van der Waals surface area contributed by atoms with Gasteiger partial charge in [0, 0.05) is 24.5 Å². The molecule has 1 N–H and O–H groups in total. The second-order valence-corrected chi connectivity index (χ2v) is 31.8. The van der Waals surface area contributed by atoms with Crippen LogP contribution in [0.25, 0.3) is 0 Å². The lowest BCUT2D eigenvalue weighted by molar-refractivity contribution is -0.141. The molecule has 0 saturated carbocycles. The van der Waals surface area contributed by atoms with Crippen LogP contribution in [-0.4, -0.2) is 61.3 Å². The van der Waals surface area contributed by atoms with Crippen molar-refractivity contribution in [2.45, 2.75) is 169 Å². The molecule has 0 unspecified atom stereocenters. The Kier molecular flexibility index (Phi) is 13.9.